The van der Waals surface area contributed by atoms with Crippen LogP contribution in [0, 0.1) is 12.7 Å². The molecule has 0 radical (unpaired) electrons. The van der Waals surface area contributed by atoms with E-state index >= 15 is 0 Å². The van der Waals surface area contributed by atoms with Gasteiger partial charge in [-0.25, -0.2) is 0 Å². The molecule has 140 valence electrons. The van der Waals surface area contributed by atoms with Crippen LogP contribution < -0.4 is 15.9 Å². The number of aryl methyl sites for hydroxylation is 1. The molecule has 0 atom stereocenters. The average Bonchev–Trinajstić information content (AvgIpc) is 2.76. The van der Waals surface area contributed by atoms with Gasteiger partial charge in [0.05, 0.1) is 0 Å². The molecule has 0 N–H and O–H groups in total. The molecule has 0 amide bonds. The second-order valence-electron chi connectivity index (χ2n) is 7.26. The molecule has 0 aliphatic rings. The maximum atomic E-state index is 13.9. The molecule has 2 heteroatoms. The predicted molar refractivity (Wildman–Crippen MR) is 121 cm³/mol. The molecule has 0 fully saturated rings. The summed E-state index contributed by atoms with van der Waals surface area (Å²) in [6.07, 6.45) is 0.895. The Morgan fingerprint density at radius 2 is 1.04 bits per heavy atom. The zero-order valence-corrected chi connectivity index (χ0v) is 17.0. The van der Waals surface area contributed by atoms with Crippen LogP contribution in [0.2, 0.25) is 0 Å². The third-order valence-corrected chi connectivity index (χ3v) is 10.4. The molecule has 0 saturated carbocycles. The summed E-state index contributed by atoms with van der Waals surface area (Å²) >= 11 is 0. The van der Waals surface area contributed by atoms with Crippen molar-refractivity contribution in [1.29, 1.82) is 0 Å². The van der Waals surface area contributed by atoms with E-state index in [9.17, 15) is 4.39 Å². The van der Waals surface area contributed by atoms with E-state index in [0.29, 0.717) is 5.56 Å². The van der Waals surface area contributed by atoms with Crippen molar-refractivity contribution in [1.82, 2.24) is 0 Å². The van der Waals surface area contributed by atoms with Gasteiger partial charge in [-0.15, -0.1) is 0 Å². The molecule has 0 heterocycles. The Morgan fingerprint density at radius 1 is 0.607 bits per heavy atom. The molecule has 0 aliphatic carbocycles. The average molecular weight is 386 g/mol. The van der Waals surface area contributed by atoms with Gasteiger partial charge in [-0.05, 0) is 0 Å². The Labute approximate surface area is 167 Å². The molecule has 0 unspecified atom stereocenters. The van der Waals surface area contributed by atoms with Gasteiger partial charge in [0.2, 0.25) is 0 Å². The molecule has 0 aromatic heterocycles. The topological polar surface area (TPSA) is 0 Å². The van der Waals surface area contributed by atoms with Crippen molar-refractivity contribution in [2.45, 2.75) is 13.1 Å². The van der Waals surface area contributed by atoms with Gasteiger partial charge in [-0.3, -0.25) is 0 Å². The van der Waals surface area contributed by atoms with Gasteiger partial charge in [-0.2, -0.15) is 0 Å². The van der Waals surface area contributed by atoms with Crippen LogP contribution >= 0.6 is 7.26 Å². The Kier molecular flexibility index (Phi) is 5.37. The predicted octanol–water partition coefficient (Wildman–Crippen LogP) is 5.36. The summed E-state index contributed by atoms with van der Waals surface area (Å²) in [6.45, 7) is 1.84. The van der Waals surface area contributed by atoms with Crippen molar-refractivity contribution in [3.8, 4) is 0 Å². The second-order valence-corrected chi connectivity index (χ2v) is 11.2. The molecule has 28 heavy (non-hydrogen) atoms. The number of rotatable bonds is 5. The molecule has 4 rings (SSSR count). The number of halogens is 1. The van der Waals surface area contributed by atoms with Gasteiger partial charge in [0, 0.05) is 0 Å². The number of hydrogen-bond donors (Lipinski definition) is 0. The fraction of sp³-hybridized carbons (Fsp3) is 0.0769. The first-order valence-electron chi connectivity index (χ1n) is 9.62. The van der Waals surface area contributed by atoms with Crippen LogP contribution in [-0.4, -0.2) is 0 Å². The van der Waals surface area contributed by atoms with Crippen molar-refractivity contribution in [3.63, 3.8) is 0 Å². The van der Waals surface area contributed by atoms with E-state index < -0.39 is 7.26 Å². The van der Waals surface area contributed by atoms with Crippen LogP contribution in [0.25, 0.3) is 0 Å². The zero-order chi connectivity index (χ0) is 19.4. The summed E-state index contributed by atoms with van der Waals surface area (Å²) in [5, 5.41) is 4.11. The number of benzene rings is 4. The van der Waals surface area contributed by atoms with Gasteiger partial charge in [0.1, 0.15) is 0 Å². The monoisotopic (exact) mass is 386 g/mol. The Hall–Kier alpha value is -2.76. The van der Waals surface area contributed by atoms with E-state index in [1.165, 1.54) is 21.5 Å². The quantitative estimate of drug-likeness (QED) is 0.405. The molecule has 4 aromatic carbocycles. The van der Waals surface area contributed by atoms with Crippen LogP contribution in [0.4, 0.5) is 4.39 Å². The van der Waals surface area contributed by atoms with Gasteiger partial charge in [0.15, 0.2) is 0 Å². The van der Waals surface area contributed by atoms with E-state index in [4.69, 9.17) is 0 Å². The third kappa shape index (κ3) is 3.51. The Bertz CT molecular complexity index is 947. The second kappa shape index (κ2) is 8.09. The Morgan fingerprint density at radius 3 is 1.43 bits per heavy atom. The first-order valence-corrected chi connectivity index (χ1v) is 11.8. The molecule has 0 bridgehead atoms. The van der Waals surface area contributed by atoms with Gasteiger partial charge in [-0.1, -0.05) is 0 Å². The van der Waals surface area contributed by atoms with Crippen molar-refractivity contribution in [3.05, 3.63) is 126 Å². The van der Waals surface area contributed by atoms with Gasteiger partial charge >= 0.3 is 167 Å². The SMILES string of the molecule is Cc1cc(C[PH](c2ccccc2)(c2ccccc2)c2ccccc2)ccc1F. The minimum absolute atomic E-state index is 0.143. The molecule has 0 nitrogen and oxygen atoms in total. The van der Waals surface area contributed by atoms with Crippen molar-refractivity contribution in [2.24, 2.45) is 0 Å². The van der Waals surface area contributed by atoms with Crippen LogP contribution in [-0.2, 0) is 6.16 Å². The van der Waals surface area contributed by atoms with Crippen LogP contribution in [0.1, 0.15) is 11.1 Å². The van der Waals surface area contributed by atoms with Crippen LogP contribution in [0.15, 0.2) is 109 Å². The van der Waals surface area contributed by atoms with Gasteiger partial charge < -0.3 is 0 Å². The molecule has 0 spiro atoms. The molecular formula is C26H24FP. The fourth-order valence-electron chi connectivity index (χ4n) is 4.10. The molecule has 0 aliphatic heterocycles. The van der Waals surface area contributed by atoms with E-state index in [2.05, 4.69) is 91.0 Å². The van der Waals surface area contributed by atoms with Crippen LogP contribution in [0.3, 0.4) is 0 Å². The summed E-state index contributed by atoms with van der Waals surface area (Å²) in [5.74, 6) is -0.143. The van der Waals surface area contributed by atoms with Crippen molar-refractivity contribution in [2.75, 3.05) is 0 Å². The molecule has 4 aromatic rings. The van der Waals surface area contributed by atoms with E-state index in [0.717, 1.165) is 6.16 Å². The standard InChI is InChI=1S/C26H24FP/c1-21-19-22(17-18-26(21)27)20-28(23-11-5-2-6-12-23,24-13-7-3-8-14-24)25-15-9-4-10-16-25/h2-19,28H,20H2,1H3. The maximum absolute atomic E-state index is 13.9. The molecule has 0 saturated heterocycles. The van der Waals surface area contributed by atoms with Crippen LogP contribution in [0.5, 0.6) is 0 Å². The van der Waals surface area contributed by atoms with Crippen molar-refractivity contribution >= 4 is 23.2 Å². The first-order chi connectivity index (χ1) is 13.7. The van der Waals surface area contributed by atoms with E-state index in [1.54, 1.807) is 6.07 Å². The number of hydrogen-bond acceptors (Lipinski definition) is 0. The zero-order valence-electron chi connectivity index (χ0n) is 16.0. The first kappa shape index (κ1) is 18.6. The normalized spacial score (nSPS) is 11.9. The summed E-state index contributed by atoms with van der Waals surface area (Å²) in [7, 11) is -2.33. The Balaban J connectivity index is 1.99. The molecular weight excluding hydrogens is 362 g/mol. The van der Waals surface area contributed by atoms with Gasteiger partial charge in [0.25, 0.3) is 0 Å². The fourth-order valence-corrected chi connectivity index (χ4v) is 8.83. The van der Waals surface area contributed by atoms with E-state index in [1.807, 2.05) is 19.1 Å². The third-order valence-electron chi connectivity index (χ3n) is 5.49. The minimum atomic E-state index is -2.33. The summed E-state index contributed by atoms with van der Waals surface area (Å²) < 4.78 is 13.9. The summed E-state index contributed by atoms with van der Waals surface area (Å²) in [6, 6.07) is 38.0. The van der Waals surface area contributed by atoms with Crippen molar-refractivity contribution < 1.29 is 4.39 Å². The summed E-state index contributed by atoms with van der Waals surface area (Å²) in [5.41, 5.74) is 1.89. The van der Waals surface area contributed by atoms with E-state index in [-0.39, 0.29) is 5.82 Å². The summed E-state index contributed by atoms with van der Waals surface area (Å²) in [4.78, 5) is 0.